The zero-order chi connectivity index (χ0) is 16.9. The van der Waals surface area contributed by atoms with Gasteiger partial charge in [0.05, 0.1) is 19.8 Å². The van der Waals surface area contributed by atoms with E-state index in [9.17, 15) is 9.59 Å². The number of rotatable bonds is 3. The molecular weight excluding hydrogens is 330 g/mol. The van der Waals surface area contributed by atoms with E-state index in [0.717, 1.165) is 13.1 Å². The van der Waals surface area contributed by atoms with Crippen LogP contribution in [0.2, 0.25) is 5.02 Å². The van der Waals surface area contributed by atoms with E-state index >= 15 is 0 Å². The van der Waals surface area contributed by atoms with Gasteiger partial charge in [-0.25, -0.2) is 4.79 Å². The number of carbonyl (C=O) groups is 2. The number of ketones is 1. The number of carbonyl (C=O) groups excluding carboxylic acids is 2. The van der Waals surface area contributed by atoms with Crippen molar-refractivity contribution >= 4 is 23.4 Å². The normalized spacial score (nSPS) is 19.4. The van der Waals surface area contributed by atoms with Crippen LogP contribution in [0, 0.1) is 0 Å². The highest BCUT2D eigenvalue weighted by atomic mass is 35.5. The van der Waals surface area contributed by atoms with Crippen molar-refractivity contribution in [2.75, 3.05) is 59.0 Å². The molecule has 7 heteroatoms. The fourth-order valence-corrected chi connectivity index (χ4v) is 3.11. The molecule has 0 radical (unpaired) electrons. The molecular formula is C17H22ClN3O3. The summed E-state index contributed by atoms with van der Waals surface area (Å²) < 4.78 is 5.28. The van der Waals surface area contributed by atoms with Gasteiger partial charge in [-0.05, 0) is 24.3 Å². The third-order valence-corrected chi connectivity index (χ3v) is 4.71. The number of benzene rings is 1. The van der Waals surface area contributed by atoms with Crippen molar-refractivity contribution in [1.29, 1.82) is 0 Å². The molecule has 2 aliphatic heterocycles. The van der Waals surface area contributed by atoms with Gasteiger partial charge in [0.15, 0.2) is 5.78 Å². The van der Waals surface area contributed by atoms with E-state index in [-0.39, 0.29) is 11.8 Å². The molecule has 0 bridgehead atoms. The molecule has 130 valence electrons. The molecule has 2 fully saturated rings. The molecule has 0 saturated carbocycles. The molecule has 0 unspecified atom stereocenters. The molecule has 1 aromatic rings. The summed E-state index contributed by atoms with van der Waals surface area (Å²) in [7, 11) is 0. The van der Waals surface area contributed by atoms with Crippen molar-refractivity contribution in [3.8, 4) is 0 Å². The Morgan fingerprint density at radius 1 is 0.917 bits per heavy atom. The molecule has 0 aromatic heterocycles. The quantitative estimate of drug-likeness (QED) is 0.776. The standard InChI is InChI=1S/C17H22ClN3O3/c18-15-3-1-14(2-4-15)16(22)13-19-5-7-20(8-6-19)17(23)21-9-11-24-12-10-21/h1-4H,5-13H2. The predicted octanol–water partition coefficient (Wildman–Crippen LogP) is 1.59. The Hall–Kier alpha value is -1.63. The lowest BCUT2D eigenvalue weighted by Gasteiger charge is -2.38. The van der Waals surface area contributed by atoms with Gasteiger partial charge in [-0.1, -0.05) is 11.6 Å². The SMILES string of the molecule is O=C(CN1CCN(C(=O)N2CCOCC2)CC1)c1ccc(Cl)cc1. The molecule has 2 aliphatic rings. The topological polar surface area (TPSA) is 53.1 Å². The third-order valence-electron chi connectivity index (χ3n) is 4.46. The average molecular weight is 352 g/mol. The lowest BCUT2D eigenvalue weighted by Crippen LogP contribution is -2.55. The summed E-state index contributed by atoms with van der Waals surface area (Å²) in [5.74, 6) is 0.0830. The van der Waals surface area contributed by atoms with Gasteiger partial charge in [0.1, 0.15) is 0 Å². The number of hydrogen-bond acceptors (Lipinski definition) is 4. The zero-order valence-electron chi connectivity index (χ0n) is 13.6. The monoisotopic (exact) mass is 351 g/mol. The first-order chi connectivity index (χ1) is 11.6. The van der Waals surface area contributed by atoms with Gasteiger partial charge in [-0.15, -0.1) is 0 Å². The molecule has 6 nitrogen and oxygen atoms in total. The molecule has 0 N–H and O–H groups in total. The van der Waals surface area contributed by atoms with Crippen LogP contribution in [0.4, 0.5) is 4.79 Å². The summed E-state index contributed by atoms with van der Waals surface area (Å²) in [6.45, 7) is 5.67. The van der Waals surface area contributed by atoms with E-state index in [1.54, 1.807) is 24.3 Å². The number of piperazine rings is 1. The van der Waals surface area contributed by atoms with E-state index in [1.807, 2.05) is 9.80 Å². The Morgan fingerprint density at radius 3 is 2.12 bits per heavy atom. The average Bonchev–Trinajstić information content (AvgIpc) is 2.63. The van der Waals surface area contributed by atoms with E-state index in [4.69, 9.17) is 16.3 Å². The first-order valence-electron chi connectivity index (χ1n) is 8.26. The summed E-state index contributed by atoms with van der Waals surface area (Å²) in [4.78, 5) is 30.5. The Morgan fingerprint density at radius 2 is 1.50 bits per heavy atom. The summed E-state index contributed by atoms with van der Waals surface area (Å²) in [5.41, 5.74) is 0.672. The largest absolute Gasteiger partial charge is 0.378 e. The van der Waals surface area contributed by atoms with Gasteiger partial charge < -0.3 is 14.5 Å². The number of hydrogen-bond donors (Lipinski definition) is 0. The first-order valence-corrected chi connectivity index (χ1v) is 8.64. The van der Waals surface area contributed by atoms with Crippen molar-refractivity contribution in [1.82, 2.24) is 14.7 Å². The molecule has 1 aromatic carbocycles. The number of urea groups is 1. The minimum Gasteiger partial charge on any atom is -0.378 e. The van der Waals surface area contributed by atoms with E-state index in [2.05, 4.69) is 4.90 Å². The molecule has 0 aliphatic carbocycles. The highest BCUT2D eigenvalue weighted by molar-refractivity contribution is 6.30. The maximum atomic E-state index is 12.4. The molecule has 0 atom stereocenters. The van der Waals surface area contributed by atoms with Gasteiger partial charge in [-0.3, -0.25) is 9.69 Å². The second-order valence-corrected chi connectivity index (χ2v) is 6.51. The van der Waals surface area contributed by atoms with Crippen molar-refractivity contribution in [3.05, 3.63) is 34.9 Å². The van der Waals surface area contributed by atoms with E-state index < -0.39 is 0 Å². The van der Waals surface area contributed by atoms with Crippen molar-refractivity contribution < 1.29 is 14.3 Å². The highest BCUT2D eigenvalue weighted by Crippen LogP contribution is 2.12. The number of ether oxygens (including phenoxy) is 1. The van der Waals surface area contributed by atoms with Crippen LogP contribution in [0.3, 0.4) is 0 Å². The van der Waals surface area contributed by atoms with Crippen molar-refractivity contribution in [2.45, 2.75) is 0 Å². The van der Waals surface area contributed by atoms with Gasteiger partial charge >= 0.3 is 6.03 Å². The summed E-state index contributed by atoms with van der Waals surface area (Å²) >= 11 is 5.85. The van der Waals surface area contributed by atoms with Gasteiger partial charge in [0, 0.05) is 49.9 Å². The molecule has 2 amide bonds. The van der Waals surface area contributed by atoms with Crippen LogP contribution in [-0.4, -0.2) is 85.5 Å². The Bertz CT molecular complexity index is 579. The van der Waals surface area contributed by atoms with Crippen LogP contribution in [0.1, 0.15) is 10.4 Å². The molecule has 3 rings (SSSR count). The summed E-state index contributed by atoms with van der Waals surface area (Å²) in [6.07, 6.45) is 0. The minimum absolute atomic E-state index is 0.0830. The number of halogens is 1. The first kappa shape index (κ1) is 17.2. The lowest BCUT2D eigenvalue weighted by atomic mass is 10.1. The second-order valence-electron chi connectivity index (χ2n) is 6.08. The zero-order valence-corrected chi connectivity index (χ0v) is 14.4. The summed E-state index contributed by atoms with van der Waals surface area (Å²) in [6, 6.07) is 7.05. The van der Waals surface area contributed by atoms with E-state index in [0.29, 0.717) is 56.5 Å². The van der Waals surface area contributed by atoms with Crippen LogP contribution in [0.25, 0.3) is 0 Å². The third kappa shape index (κ3) is 4.26. The maximum Gasteiger partial charge on any atom is 0.320 e. The van der Waals surface area contributed by atoms with Crippen LogP contribution in [0.15, 0.2) is 24.3 Å². The van der Waals surface area contributed by atoms with Crippen molar-refractivity contribution in [2.24, 2.45) is 0 Å². The van der Waals surface area contributed by atoms with Crippen LogP contribution in [-0.2, 0) is 4.74 Å². The Labute approximate surface area is 146 Å². The fourth-order valence-electron chi connectivity index (χ4n) is 2.98. The van der Waals surface area contributed by atoms with Crippen LogP contribution >= 0.6 is 11.6 Å². The highest BCUT2D eigenvalue weighted by Gasteiger charge is 2.27. The second kappa shape index (κ2) is 7.96. The fraction of sp³-hybridized carbons (Fsp3) is 0.529. The predicted molar refractivity (Wildman–Crippen MR) is 91.6 cm³/mol. The molecule has 0 spiro atoms. The van der Waals surface area contributed by atoms with Gasteiger partial charge in [0.25, 0.3) is 0 Å². The number of amides is 2. The lowest BCUT2D eigenvalue weighted by molar-refractivity contribution is 0.0376. The number of morpholine rings is 1. The Balaban J connectivity index is 1.47. The number of Topliss-reactive ketones (excluding diaryl/α,β-unsaturated/α-hetero) is 1. The van der Waals surface area contributed by atoms with Gasteiger partial charge in [-0.2, -0.15) is 0 Å². The smallest absolute Gasteiger partial charge is 0.320 e. The van der Waals surface area contributed by atoms with Crippen LogP contribution < -0.4 is 0 Å². The van der Waals surface area contributed by atoms with E-state index in [1.165, 1.54) is 0 Å². The van der Waals surface area contributed by atoms with Crippen molar-refractivity contribution in [3.63, 3.8) is 0 Å². The minimum atomic E-state index is 0.0830. The number of nitrogens with zero attached hydrogens (tertiary/aromatic N) is 3. The maximum absolute atomic E-state index is 12.4. The van der Waals surface area contributed by atoms with Crippen LogP contribution in [0.5, 0.6) is 0 Å². The molecule has 24 heavy (non-hydrogen) atoms. The van der Waals surface area contributed by atoms with Gasteiger partial charge in [0.2, 0.25) is 0 Å². The Kier molecular flexibility index (Phi) is 5.71. The molecule has 2 heterocycles. The summed E-state index contributed by atoms with van der Waals surface area (Å²) in [5, 5.41) is 0.627. The molecule has 2 saturated heterocycles.